The van der Waals surface area contributed by atoms with Crippen LogP contribution in [0, 0.1) is 12.8 Å². The van der Waals surface area contributed by atoms with E-state index in [0.717, 1.165) is 37.5 Å². The predicted octanol–water partition coefficient (Wildman–Crippen LogP) is 1.56. The molecule has 2 heterocycles. The molecule has 0 saturated carbocycles. The molecule has 2 rings (SSSR count). The predicted molar refractivity (Wildman–Crippen MR) is 76.3 cm³/mol. The summed E-state index contributed by atoms with van der Waals surface area (Å²) in [6, 6.07) is 3.86. The average Bonchev–Trinajstić information content (AvgIpc) is 2.89. The number of piperidine rings is 1. The van der Waals surface area contributed by atoms with Gasteiger partial charge in [-0.15, -0.1) is 0 Å². The Labute approximate surface area is 120 Å². The summed E-state index contributed by atoms with van der Waals surface area (Å²) in [5.74, 6) is 2.06. The molecule has 1 aliphatic rings. The third-order valence-corrected chi connectivity index (χ3v) is 3.71. The van der Waals surface area contributed by atoms with E-state index in [2.05, 4.69) is 5.32 Å². The van der Waals surface area contributed by atoms with E-state index < -0.39 is 0 Å². The Kier molecular flexibility index (Phi) is 5.61. The van der Waals surface area contributed by atoms with E-state index in [1.807, 2.05) is 24.0 Å². The fraction of sp³-hybridized carbons (Fsp3) is 0.667. The van der Waals surface area contributed by atoms with Crippen molar-refractivity contribution in [3.05, 3.63) is 23.7 Å². The maximum atomic E-state index is 12.6. The van der Waals surface area contributed by atoms with E-state index in [9.17, 15) is 4.79 Å². The van der Waals surface area contributed by atoms with Gasteiger partial charge in [-0.2, -0.15) is 0 Å². The maximum absolute atomic E-state index is 12.6. The summed E-state index contributed by atoms with van der Waals surface area (Å²) in [6.07, 6.45) is 1.83. The zero-order valence-electron chi connectivity index (χ0n) is 12.4. The van der Waals surface area contributed by atoms with Crippen LogP contribution in [0.3, 0.4) is 0 Å². The number of rotatable bonds is 6. The van der Waals surface area contributed by atoms with Gasteiger partial charge < -0.3 is 19.4 Å². The van der Waals surface area contributed by atoms with Crippen molar-refractivity contribution in [3.63, 3.8) is 0 Å². The lowest BCUT2D eigenvalue weighted by Crippen LogP contribution is -2.42. The van der Waals surface area contributed by atoms with Crippen molar-refractivity contribution in [3.8, 4) is 0 Å². The number of carbonyl (C=O) groups is 1. The number of methoxy groups -OCH3 is 1. The van der Waals surface area contributed by atoms with Gasteiger partial charge in [0.15, 0.2) is 0 Å². The molecule has 112 valence electrons. The fourth-order valence-electron chi connectivity index (χ4n) is 2.55. The minimum atomic E-state index is 0.129. The quantitative estimate of drug-likeness (QED) is 0.859. The van der Waals surface area contributed by atoms with Crippen LogP contribution in [0.4, 0.5) is 0 Å². The van der Waals surface area contributed by atoms with Crippen molar-refractivity contribution in [1.82, 2.24) is 10.2 Å². The first kappa shape index (κ1) is 15.1. The summed E-state index contributed by atoms with van der Waals surface area (Å²) in [7, 11) is 1.66. The van der Waals surface area contributed by atoms with E-state index in [-0.39, 0.29) is 11.8 Å². The van der Waals surface area contributed by atoms with Crippen LogP contribution in [0.2, 0.25) is 0 Å². The lowest BCUT2D eigenvalue weighted by atomic mass is 9.96. The molecule has 0 aliphatic carbocycles. The first-order chi connectivity index (χ1) is 9.70. The van der Waals surface area contributed by atoms with Gasteiger partial charge in [0.1, 0.15) is 11.5 Å². The van der Waals surface area contributed by atoms with Crippen LogP contribution in [-0.2, 0) is 16.1 Å². The summed E-state index contributed by atoms with van der Waals surface area (Å²) in [5.41, 5.74) is 0. The molecule has 1 aliphatic heterocycles. The summed E-state index contributed by atoms with van der Waals surface area (Å²) in [4.78, 5) is 14.5. The number of nitrogens with one attached hydrogen (secondary N) is 1. The average molecular weight is 280 g/mol. The molecule has 1 aromatic rings. The number of furan rings is 1. The zero-order valence-corrected chi connectivity index (χ0v) is 12.4. The van der Waals surface area contributed by atoms with E-state index in [1.54, 1.807) is 7.11 Å². The second-order valence-corrected chi connectivity index (χ2v) is 5.29. The van der Waals surface area contributed by atoms with Crippen LogP contribution >= 0.6 is 0 Å². The summed E-state index contributed by atoms with van der Waals surface area (Å²) in [5, 5.41) is 3.29. The first-order valence-corrected chi connectivity index (χ1v) is 7.24. The van der Waals surface area contributed by atoms with Crippen molar-refractivity contribution in [2.45, 2.75) is 26.3 Å². The van der Waals surface area contributed by atoms with Gasteiger partial charge in [0.2, 0.25) is 5.91 Å². The number of nitrogens with zero attached hydrogens (tertiary/aromatic N) is 1. The van der Waals surface area contributed by atoms with E-state index in [4.69, 9.17) is 9.15 Å². The Hall–Kier alpha value is -1.33. The molecular formula is C15H24N2O3. The molecule has 5 heteroatoms. The molecule has 0 spiro atoms. The van der Waals surface area contributed by atoms with Crippen molar-refractivity contribution >= 4 is 5.91 Å². The summed E-state index contributed by atoms with van der Waals surface area (Å²) in [6.45, 7) is 5.45. The largest absolute Gasteiger partial charge is 0.464 e. The number of aryl methyl sites for hydroxylation is 1. The SMILES string of the molecule is COCCN(Cc1ccc(C)o1)C(=O)C1CCNCC1. The normalized spacial score (nSPS) is 16.3. The molecule has 5 nitrogen and oxygen atoms in total. The van der Waals surface area contributed by atoms with E-state index in [0.29, 0.717) is 19.7 Å². The van der Waals surface area contributed by atoms with E-state index >= 15 is 0 Å². The van der Waals surface area contributed by atoms with Gasteiger partial charge in [0, 0.05) is 19.6 Å². The highest BCUT2D eigenvalue weighted by molar-refractivity contribution is 5.79. The highest BCUT2D eigenvalue weighted by atomic mass is 16.5. The third kappa shape index (κ3) is 4.08. The summed E-state index contributed by atoms with van der Waals surface area (Å²) >= 11 is 0. The summed E-state index contributed by atoms with van der Waals surface area (Å²) < 4.78 is 10.7. The van der Waals surface area contributed by atoms with Crippen LogP contribution in [0.25, 0.3) is 0 Å². The monoisotopic (exact) mass is 280 g/mol. The number of amides is 1. The molecule has 0 radical (unpaired) electrons. The van der Waals surface area contributed by atoms with Crippen LogP contribution in [0.15, 0.2) is 16.5 Å². The second kappa shape index (κ2) is 7.45. The minimum absolute atomic E-state index is 0.129. The Morgan fingerprint density at radius 3 is 2.80 bits per heavy atom. The molecule has 0 aromatic carbocycles. The number of hydrogen-bond acceptors (Lipinski definition) is 4. The molecule has 1 amide bonds. The van der Waals surface area contributed by atoms with Gasteiger partial charge >= 0.3 is 0 Å². The molecule has 0 bridgehead atoms. The third-order valence-electron chi connectivity index (χ3n) is 3.71. The second-order valence-electron chi connectivity index (χ2n) is 5.29. The molecular weight excluding hydrogens is 256 g/mol. The topological polar surface area (TPSA) is 54.7 Å². The van der Waals surface area contributed by atoms with Crippen molar-refractivity contribution in [2.24, 2.45) is 5.92 Å². The lowest BCUT2D eigenvalue weighted by molar-refractivity contribution is -0.138. The Bertz CT molecular complexity index is 425. The Balaban J connectivity index is 1.99. The van der Waals surface area contributed by atoms with E-state index in [1.165, 1.54) is 0 Å². The molecule has 20 heavy (non-hydrogen) atoms. The molecule has 1 N–H and O–H groups in total. The van der Waals surface area contributed by atoms with Crippen LogP contribution in [0.5, 0.6) is 0 Å². The Morgan fingerprint density at radius 2 is 2.20 bits per heavy atom. The standard InChI is InChI=1S/C15H24N2O3/c1-12-3-4-14(20-12)11-17(9-10-19-2)15(18)13-5-7-16-8-6-13/h3-4,13,16H,5-11H2,1-2H3. The van der Waals surface area contributed by atoms with Crippen LogP contribution in [0.1, 0.15) is 24.4 Å². The van der Waals surface area contributed by atoms with Crippen molar-refractivity contribution in [2.75, 3.05) is 33.4 Å². The Morgan fingerprint density at radius 1 is 1.45 bits per heavy atom. The molecule has 1 saturated heterocycles. The van der Waals surface area contributed by atoms with Gasteiger partial charge in [0.05, 0.1) is 13.2 Å². The van der Waals surface area contributed by atoms with Gasteiger partial charge in [-0.25, -0.2) is 0 Å². The highest BCUT2D eigenvalue weighted by Gasteiger charge is 2.26. The molecule has 1 fully saturated rings. The van der Waals surface area contributed by atoms with Crippen molar-refractivity contribution in [1.29, 1.82) is 0 Å². The zero-order chi connectivity index (χ0) is 14.4. The first-order valence-electron chi connectivity index (χ1n) is 7.24. The lowest BCUT2D eigenvalue weighted by Gasteiger charge is -2.29. The number of hydrogen-bond donors (Lipinski definition) is 1. The van der Waals surface area contributed by atoms with Gasteiger partial charge in [0.25, 0.3) is 0 Å². The molecule has 1 aromatic heterocycles. The fourth-order valence-corrected chi connectivity index (χ4v) is 2.55. The number of ether oxygens (including phenoxy) is 1. The van der Waals surface area contributed by atoms with Gasteiger partial charge in [-0.05, 0) is 45.0 Å². The van der Waals surface area contributed by atoms with Crippen LogP contribution < -0.4 is 5.32 Å². The van der Waals surface area contributed by atoms with Gasteiger partial charge in [-0.1, -0.05) is 0 Å². The van der Waals surface area contributed by atoms with Gasteiger partial charge in [-0.3, -0.25) is 4.79 Å². The highest BCUT2D eigenvalue weighted by Crippen LogP contribution is 2.18. The smallest absolute Gasteiger partial charge is 0.226 e. The van der Waals surface area contributed by atoms with Crippen LogP contribution in [-0.4, -0.2) is 44.2 Å². The maximum Gasteiger partial charge on any atom is 0.226 e. The molecule has 0 atom stereocenters. The molecule has 0 unspecified atom stereocenters. The minimum Gasteiger partial charge on any atom is -0.464 e. The number of carbonyl (C=O) groups excluding carboxylic acids is 1. The van der Waals surface area contributed by atoms with Crippen molar-refractivity contribution < 1.29 is 13.9 Å².